The summed E-state index contributed by atoms with van der Waals surface area (Å²) >= 11 is 0. The van der Waals surface area contributed by atoms with E-state index in [0.29, 0.717) is 12.0 Å². The van der Waals surface area contributed by atoms with E-state index >= 15 is 0 Å². The number of hydrogen-bond donors (Lipinski definition) is 0. The van der Waals surface area contributed by atoms with E-state index < -0.39 is 0 Å². The molecule has 2 atom stereocenters. The third-order valence-corrected chi connectivity index (χ3v) is 4.49. The molecule has 0 N–H and O–H groups in total. The largest absolute Gasteiger partial charge is 0.291 e. The molecule has 0 radical (unpaired) electrons. The van der Waals surface area contributed by atoms with Crippen LogP contribution in [0.2, 0.25) is 0 Å². The number of rotatable bonds is 11. The highest BCUT2D eigenvalue weighted by molar-refractivity contribution is 5.81. The van der Waals surface area contributed by atoms with Crippen molar-refractivity contribution in [2.45, 2.75) is 86.1 Å². The maximum atomic E-state index is 4.79. The van der Waals surface area contributed by atoms with E-state index in [4.69, 9.17) is 4.99 Å². The molecule has 0 saturated heterocycles. The van der Waals surface area contributed by atoms with Gasteiger partial charge in [0.05, 0.1) is 0 Å². The fourth-order valence-electron chi connectivity index (χ4n) is 2.60. The Hall–Kier alpha value is -1.11. The zero-order chi connectivity index (χ0) is 17.0. The van der Waals surface area contributed by atoms with Crippen LogP contribution in [0.3, 0.4) is 0 Å². The van der Waals surface area contributed by atoms with Crippen LogP contribution in [0.5, 0.6) is 0 Å². The summed E-state index contributed by atoms with van der Waals surface area (Å²) in [4.78, 5) is 4.79. The van der Waals surface area contributed by atoms with Crippen LogP contribution in [-0.4, -0.2) is 11.8 Å². The first kappa shape index (κ1) is 20.9. The van der Waals surface area contributed by atoms with Crippen LogP contribution in [0.4, 0.5) is 0 Å². The molecular formula is C21H37N. The van der Waals surface area contributed by atoms with Crippen LogP contribution in [0.15, 0.2) is 40.9 Å². The van der Waals surface area contributed by atoms with E-state index in [-0.39, 0.29) is 0 Å². The smallest absolute Gasteiger partial charge is 0.0496 e. The van der Waals surface area contributed by atoms with Crippen LogP contribution >= 0.6 is 0 Å². The highest BCUT2D eigenvalue weighted by Gasteiger charge is 2.11. The Bertz CT molecular complexity index is 398. The summed E-state index contributed by atoms with van der Waals surface area (Å²) in [5.41, 5.74) is 4.30. The Morgan fingerprint density at radius 1 is 1.14 bits per heavy atom. The molecule has 0 aliphatic rings. The van der Waals surface area contributed by atoms with Crippen LogP contribution in [0.25, 0.3) is 0 Å². The Balaban J connectivity index is 4.50. The molecule has 0 bridgehead atoms. The summed E-state index contributed by atoms with van der Waals surface area (Å²) in [6, 6.07) is 0.445. The summed E-state index contributed by atoms with van der Waals surface area (Å²) in [7, 11) is 0. The summed E-state index contributed by atoms with van der Waals surface area (Å²) in [5.74, 6) is 0.661. The van der Waals surface area contributed by atoms with Gasteiger partial charge in [0.15, 0.2) is 0 Å². The number of aliphatic imine (C=N–C) groups is 1. The molecular weight excluding hydrogens is 266 g/mol. The van der Waals surface area contributed by atoms with Gasteiger partial charge in [-0.15, -0.1) is 0 Å². The van der Waals surface area contributed by atoms with Crippen molar-refractivity contribution >= 4 is 5.71 Å². The van der Waals surface area contributed by atoms with Crippen molar-refractivity contribution in [1.82, 2.24) is 0 Å². The molecule has 0 saturated carbocycles. The first-order valence-electron chi connectivity index (χ1n) is 8.97. The minimum atomic E-state index is 0.445. The summed E-state index contributed by atoms with van der Waals surface area (Å²) < 4.78 is 0. The van der Waals surface area contributed by atoms with Crippen molar-refractivity contribution in [3.63, 3.8) is 0 Å². The average molecular weight is 304 g/mol. The fourth-order valence-corrected chi connectivity index (χ4v) is 2.60. The van der Waals surface area contributed by atoms with Gasteiger partial charge >= 0.3 is 0 Å². The zero-order valence-corrected chi connectivity index (χ0v) is 15.8. The van der Waals surface area contributed by atoms with E-state index in [9.17, 15) is 0 Å². The number of hydrogen-bond acceptors (Lipinski definition) is 1. The van der Waals surface area contributed by atoms with Gasteiger partial charge in [0, 0.05) is 11.8 Å². The van der Waals surface area contributed by atoms with Gasteiger partial charge < -0.3 is 0 Å². The fraction of sp³-hybridized carbons (Fsp3) is 0.667. The van der Waals surface area contributed by atoms with E-state index in [2.05, 4.69) is 54.2 Å². The number of allylic oxidation sites excluding steroid dienone is 5. The van der Waals surface area contributed by atoms with Crippen LogP contribution < -0.4 is 0 Å². The molecule has 0 aromatic carbocycles. The monoisotopic (exact) mass is 303 g/mol. The molecule has 0 fully saturated rings. The van der Waals surface area contributed by atoms with E-state index in [1.165, 1.54) is 43.4 Å². The zero-order valence-electron chi connectivity index (χ0n) is 15.8. The van der Waals surface area contributed by atoms with Gasteiger partial charge in [0.1, 0.15) is 0 Å². The van der Waals surface area contributed by atoms with Gasteiger partial charge in [-0.2, -0.15) is 0 Å². The molecule has 1 nitrogen and oxygen atoms in total. The SMILES string of the molecule is C=C/C=C\C(C)=C(/CCC)CCC[C@H](C)[C@H](C)N=C(C)CC. The summed E-state index contributed by atoms with van der Waals surface area (Å²) in [6.45, 7) is 17.2. The Morgan fingerprint density at radius 3 is 2.36 bits per heavy atom. The first-order chi connectivity index (χ1) is 10.5. The van der Waals surface area contributed by atoms with Gasteiger partial charge in [-0.05, 0) is 58.8 Å². The van der Waals surface area contributed by atoms with Crippen molar-refractivity contribution in [3.05, 3.63) is 36.0 Å². The van der Waals surface area contributed by atoms with E-state index in [1.807, 2.05) is 12.2 Å². The van der Waals surface area contributed by atoms with Gasteiger partial charge in [-0.1, -0.05) is 63.1 Å². The predicted molar refractivity (Wildman–Crippen MR) is 103 cm³/mol. The predicted octanol–water partition coefficient (Wildman–Crippen LogP) is 6.91. The normalized spacial score (nSPS) is 16.5. The van der Waals surface area contributed by atoms with E-state index in [1.54, 1.807) is 5.57 Å². The molecule has 0 aromatic rings. The lowest BCUT2D eigenvalue weighted by Crippen LogP contribution is -2.13. The second kappa shape index (κ2) is 12.4. The molecule has 0 aromatic heterocycles. The van der Waals surface area contributed by atoms with Crippen LogP contribution in [0.1, 0.15) is 80.1 Å². The molecule has 1 heteroatoms. The molecule has 0 spiro atoms. The first-order valence-corrected chi connectivity index (χ1v) is 8.97. The van der Waals surface area contributed by atoms with Gasteiger partial charge in [0.2, 0.25) is 0 Å². The Labute approximate surface area is 139 Å². The van der Waals surface area contributed by atoms with Gasteiger partial charge in [-0.3, -0.25) is 4.99 Å². The molecule has 0 aliphatic carbocycles. The van der Waals surface area contributed by atoms with Crippen molar-refractivity contribution in [1.29, 1.82) is 0 Å². The maximum absolute atomic E-state index is 4.79. The van der Waals surface area contributed by atoms with Crippen molar-refractivity contribution in [2.75, 3.05) is 0 Å². The van der Waals surface area contributed by atoms with Crippen molar-refractivity contribution < 1.29 is 0 Å². The average Bonchev–Trinajstić information content (AvgIpc) is 2.51. The Kier molecular flexibility index (Phi) is 11.8. The standard InChI is InChI=1S/C21H37N/c1-8-11-14-18(5)21(13-9-2)16-12-15-17(4)20(7)22-19(6)10-3/h8,11,14,17,20H,1,9-10,12-13,15-16H2,2-7H3/b14-11-,21-18+,22-19?/t17-,20-/m0/s1. The lowest BCUT2D eigenvalue weighted by atomic mass is 9.93. The molecule has 0 amide bonds. The minimum Gasteiger partial charge on any atom is -0.291 e. The summed E-state index contributed by atoms with van der Waals surface area (Å²) in [5, 5.41) is 0. The second-order valence-corrected chi connectivity index (χ2v) is 6.46. The van der Waals surface area contributed by atoms with Gasteiger partial charge in [-0.25, -0.2) is 0 Å². The molecule has 126 valence electrons. The highest BCUT2D eigenvalue weighted by atomic mass is 14.8. The molecule has 22 heavy (non-hydrogen) atoms. The second-order valence-electron chi connectivity index (χ2n) is 6.46. The topological polar surface area (TPSA) is 12.4 Å². The molecule has 0 rings (SSSR count). The maximum Gasteiger partial charge on any atom is 0.0496 e. The lowest BCUT2D eigenvalue weighted by Gasteiger charge is -2.18. The molecule has 0 unspecified atom stereocenters. The third-order valence-electron chi connectivity index (χ3n) is 4.49. The van der Waals surface area contributed by atoms with Crippen LogP contribution in [-0.2, 0) is 0 Å². The molecule has 0 aliphatic heterocycles. The van der Waals surface area contributed by atoms with Crippen molar-refractivity contribution in [3.8, 4) is 0 Å². The van der Waals surface area contributed by atoms with Gasteiger partial charge in [0.25, 0.3) is 0 Å². The Morgan fingerprint density at radius 2 is 1.82 bits per heavy atom. The summed E-state index contributed by atoms with van der Waals surface area (Å²) in [6.07, 6.45) is 13.3. The minimum absolute atomic E-state index is 0.445. The lowest BCUT2D eigenvalue weighted by molar-refractivity contribution is 0.436. The highest BCUT2D eigenvalue weighted by Crippen LogP contribution is 2.22. The third kappa shape index (κ3) is 9.02. The van der Waals surface area contributed by atoms with E-state index in [0.717, 1.165) is 6.42 Å². The van der Waals surface area contributed by atoms with Crippen LogP contribution in [0, 0.1) is 5.92 Å². The quantitative estimate of drug-likeness (QED) is 0.290. The number of nitrogens with zero attached hydrogens (tertiary/aromatic N) is 1. The van der Waals surface area contributed by atoms with Crippen molar-refractivity contribution in [2.24, 2.45) is 10.9 Å². The molecule has 0 heterocycles.